The molecule has 0 bridgehead atoms. The summed E-state index contributed by atoms with van der Waals surface area (Å²) in [6.45, 7) is 0. The summed E-state index contributed by atoms with van der Waals surface area (Å²) in [5, 5.41) is 17.7. The van der Waals surface area contributed by atoms with E-state index < -0.39 is 17.1 Å². The zero-order chi connectivity index (χ0) is 9.14. The molecule has 0 saturated heterocycles. The van der Waals surface area contributed by atoms with Gasteiger partial charge in [-0.05, 0) is 12.1 Å². The van der Waals surface area contributed by atoms with Gasteiger partial charge in [0.2, 0.25) is 0 Å². The first-order valence-electron chi connectivity index (χ1n) is 2.89. The van der Waals surface area contributed by atoms with Crippen LogP contribution in [0.4, 0.5) is 0 Å². The zero-order valence-electron chi connectivity index (χ0n) is 5.76. The molecule has 1 rings (SSSR count). The van der Waals surface area contributed by atoms with Crippen LogP contribution in [0.3, 0.4) is 0 Å². The van der Waals surface area contributed by atoms with E-state index in [-0.39, 0.29) is 11.5 Å². The van der Waals surface area contributed by atoms with Gasteiger partial charge in [0.15, 0.2) is 11.5 Å². The molecule has 1 aromatic carbocycles. The maximum Gasteiger partial charge on any atom is 0.161 e. The Kier molecular flexibility index (Phi) is 2.51. The number of rotatable bonds is 2. The summed E-state index contributed by atoms with van der Waals surface area (Å²) < 4.78 is 24.2. The van der Waals surface area contributed by atoms with E-state index in [1.807, 2.05) is 0 Å². The molecule has 6 heteroatoms. The predicted octanol–water partition coefficient (Wildman–Crippen LogP) is 0.271. The lowest BCUT2D eigenvalue weighted by Crippen LogP contribution is -1.97. The SMILES string of the molecule is O=S([O-])Oc1ccc(O)c(O)c1. The van der Waals surface area contributed by atoms with Crippen molar-refractivity contribution in [3.8, 4) is 17.2 Å². The molecule has 1 aromatic rings. The summed E-state index contributed by atoms with van der Waals surface area (Å²) in [5.41, 5.74) is 0. The first kappa shape index (κ1) is 8.82. The number of phenolic OH excluding ortho intramolecular Hbond substituents is 2. The lowest BCUT2D eigenvalue weighted by Gasteiger charge is -2.07. The Morgan fingerprint density at radius 3 is 2.50 bits per heavy atom. The standard InChI is InChI=1S/C6H6O5S/c7-5-2-1-4(3-6(5)8)11-12(9)10/h1-3,7-8H,(H,9,10)/p-1. The van der Waals surface area contributed by atoms with Gasteiger partial charge in [-0.3, -0.25) is 0 Å². The van der Waals surface area contributed by atoms with Gasteiger partial charge in [0, 0.05) is 6.07 Å². The Morgan fingerprint density at radius 1 is 1.33 bits per heavy atom. The summed E-state index contributed by atoms with van der Waals surface area (Å²) in [6, 6.07) is 3.33. The molecular formula is C6H5O5S-. The third kappa shape index (κ3) is 2.11. The van der Waals surface area contributed by atoms with Crippen molar-refractivity contribution in [1.29, 1.82) is 0 Å². The van der Waals surface area contributed by atoms with Gasteiger partial charge in [0.1, 0.15) is 17.1 Å². The zero-order valence-corrected chi connectivity index (χ0v) is 6.58. The molecule has 1 unspecified atom stereocenters. The molecule has 0 aliphatic heterocycles. The van der Waals surface area contributed by atoms with Crippen LogP contribution in [-0.2, 0) is 11.4 Å². The lowest BCUT2D eigenvalue weighted by atomic mass is 10.3. The lowest BCUT2D eigenvalue weighted by molar-refractivity contribution is 0.398. The van der Waals surface area contributed by atoms with Crippen LogP contribution in [0.15, 0.2) is 18.2 Å². The molecule has 0 radical (unpaired) electrons. The van der Waals surface area contributed by atoms with E-state index in [1.54, 1.807) is 0 Å². The van der Waals surface area contributed by atoms with Crippen LogP contribution in [-0.4, -0.2) is 19.0 Å². The third-order valence-electron chi connectivity index (χ3n) is 1.11. The van der Waals surface area contributed by atoms with E-state index in [1.165, 1.54) is 6.07 Å². The first-order valence-corrected chi connectivity index (χ1v) is 3.89. The van der Waals surface area contributed by atoms with Crippen molar-refractivity contribution in [3.05, 3.63) is 18.2 Å². The van der Waals surface area contributed by atoms with Gasteiger partial charge in [-0.25, -0.2) is 4.21 Å². The summed E-state index contributed by atoms with van der Waals surface area (Å²) in [4.78, 5) is 0. The minimum Gasteiger partial charge on any atom is -0.740 e. The highest BCUT2D eigenvalue weighted by Crippen LogP contribution is 2.28. The third-order valence-corrected chi connectivity index (χ3v) is 1.44. The minimum absolute atomic E-state index is 0.0568. The highest BCUT2D eigenvalue weighted by atomic mass is 32.2. The fraction of sp³-hybridized carbons (Fsp3) is 0. The van der Waals surface area contributed by atoms with Crippen LogP contribution in [0.25, 0.3) is 0 Å². The second-order valence-electron chi connectivity index (χ2n) is 1.94. The topological polar surface area (TPSA) is 89.8 Å². The van der Waals surface area contributed by atoms with Gasteiger partial charge >= 0.3 is 0 Å². The summed E-state index contributed by atoms with van der Waals surface area (Å²) in [6.07, 6.45) is 0. The van der Waals surface area contributed by atoms with E-state index in [9.17, 15) is 8.76 Å². The maximum atomic E-state index is 10.00. The molecule has 0 aromatic heterocycles. The number of hydrogen-bond acceptors (Lipinski definition) is 5. The summed E-state index contributed by atoms with van der Waals surface area (Å²) in [5.74, 6) is -0.824. The van der Waals surface area contributed by atoms with Crippen molar-refractivity contribution >= 4 is 11.4 Å². The van der Waals surface area contributed by atoms with E-state index >= 15 is 0 Å². The molecular weight excluding hydrogens is 184 g/mol. The maximum absolute atomic E-state index is 10.00. The molecule has 0 fully saturated rings. The molecule has 0 aliphatic rings. The van der Waals surface area contributed by atoms with Gasteiger partial charge in [0.05, 0.1) is 0 Å². The fourth-order valence-corrected chi connectivity index (χ4v) is 0.894. The van der Waals surface area contributed by atoms with Crippen LogP contribution in [0, 0.1) is 0 Å². The van der Waals surface area contributed by atoms with E-state index in [0.29, 0.717) is 0 Å². The average Bonchev–Trinajstić information content (AvgIpc) is 1.96. The molecule has 0 heterocycles. The van der Waals surface area contributed by atoms with Crippen molar-refractivity contribution < 1.29 is 23.2 Å². The molecule has 2 N–H and O–H groups in total. The minimum atomic E-state index is -2.67. The van der Waals surface area contributed by atoms with Crippen LogP contribution < -0.4 is 4.18 Å². The molecule has 0 amide bonds. The Labute approximate surface area is 70.7 Å². The highest BCUT2D eigenvalue weighted by Gasteiger charge is 2.00. The first-order chi connectivity index (χ1) is 5.59. The van der Waals surface area contributed by atoms with Crippen molar-refractivity contribution in [2.75, 3.05) is 0 Å². The molecule has 12 heavy (non-hydrogen) atoms. The summed E-state index contributed by atoms with van der Waals surface area (Å²) >= 11 is -2.67. The summed E-state index contributed by atoms with van der Waals surface area (Å²) in [7, 11) is 0. The number of phenols is 2. The van der Waals surface area contributed by atoms with E-state index in [4.69, 9.17) is 10.2 Å². The van der Waals surface area contributed by atoms with Gasteiger partial charge in [-0.2, -0.15) is 0 Å². The van der Waals surface area contributed by atoms with Crippen molar-refractivity contribution in [1.82, 2.24) is 0 Å². The smallest absolute Gasteiger partial charge is 0.161 e. The van der Waals surface area contributed by atoms with Crippen molar-refractivity contribution in [2.24, 2.45) is 0 Å². The monoisotopic (exact) mass is 189 g/mol. The van der Waals surface area contributed by atoms with E-state index in [2.05, 4.69) is 4.18 Å². The molecule has 0 saturated carbocycles. The Hall–Kier alpha value is -1.27. The van der Waals surface area contributed by atoms with Crippen LogP contribution >= 0.6 is 0 Å². The molecule has 66 valence electrons. The molecule has 1 atom stereocenters. The van der Waals surface area contributed by atoms with Crippen molar-refractivity contribution in [2.45, 2.75) is 0 Å². The second kappa shape index (κ2) is 3.42. The second-order valence-corrected chi connectivity index (χ2v) is 2.51. The van der Waals surface area contributed by atoms with Crippen molar-refractivity contribution in [3.63, 3.8) is 0 Å². The largest absolute Gasteiger partial charge is 0.740 e. The molecule has 5 nitrogen and oxygen atoms in total. The Bertz CT molecular complexity index is 311. The van der Waals surface area contributed by atoms with Crippen LogP contribution in [0.5, 0.6) is 17.2 Å². The number of hydrogen-bond donors (Lipinski definition) is 2. The molecule has 0 aliphatic carbocycles. The normalized spacial score (nSPS) is 12.4. The fourth-order valence-electron chi connectivity index (χ4n) is 0.634. The van der Waals surface area contributed by atoms with Crippen LogP contribution in [0.2, 0.25) is 0 Å². The van der Waals surface area contributed by atoms with E-state index in [0.717, 1.165) is 12.1 Å². The highest BCUT2D eigenvalue weighted by molar-refractivity contribution is 7.74. The predicted molar refractivity (Wildman–Crippen MR) is 39.3 cm³/mol. The average molecular weight is 189 g/mol. The Balaban J connectivity index is 2.89. The number of aromatic hydroxyl groups is 2. The van der Waals surface area contributed by atoms with Gasteiger partial charge in [-0.15, -0.1) is 0 Å². The Morgan fingerprint density at radius 2 is 2.00 bits per heavy atom. The van der Waals surface area contributed by atoms with Gasteiger partial charge in [0.25, 0.3) is 0 Å². The quantitative estimate of drug-likeness (QED) is 0.514. The van der Waals surface area contributed by atoms with Gasteiger partial charge in [-0.1, -0.05) is 0 Å². The molecule has 0 spiro atoms. The van der Waals surface area contributed by atoms with Crippen LogP contribution in [0.1, 0.15) is 0 Å². The number of benzene rings is 1. The van der Waals surface area contributed by atoms with Gasteiger partial charge < -0.3 is 18.9 Å².